The number of ketones is 1. The molecule has 0 bridgehead atoms. The van der Waals surface area contributed by atoms with Crippen LogP contribution in [0.1, 0.15) is 23.6 Å². The number of aliphatic hydroxyl groups is 1. The zero-order chi connectivity index (χ0) is 21.1. The lowest BCUT2D eigenvalue weighted by Gasteiger charge is -2.25. The van der Waals surface area contributed by atoms with E-state index in [0.717, 1.165) is 0 Å². The molecule has 30 heavy (non-hydrogen) atoms. The van der Waals surface area contributed by atoms with Crippen molar-refractivity contribution in [2.24, 2.45) is 0 Å². The molecule has 1 saturated heterocycles. The molecule has 7 nitrogen and oxygen atoms in total. The molecular weight excluding hydrogens is 404 g/mol. The summed E-state index contributed by atoms with van der Waals surface area (Å²) in [5, 5.41) is 11.2. The van der Waals surface area contributed by atoms with Crippen LogP contribution in [0.15, 0.2) is 73.0 Å². The fourth-order valence-corrected chi connectivity index (χ4v) is 3.71. The summed E-state index contributed by atoms with van der Waals surface area (Å²) in [5.41, 5.74) is 1.14. The molecule has 1 aromatic carbocycles. The molecule has 3 aromatic rings. The maximum absolute atomic E-state index is 12.9. The monoisotopic (exact) mass is 422 g/mol. The minimum absolute atomic E-state index is 0.0537. The molecule has 0 saturated carbocycles. The molecule has 1 aliphatic heterocycles. The Labute approximate surface area is 178 Å². The highest BCUT2D eigenvalue weighted by Crippen LogP contribution is 2.39. The van der Waals surface area contributed by atoms with E-state index in [1.807, 2.05) is 16.8 Å². The average molecular weight is 423 g/mol. The van der Waals surface area contributed by atoms with E-state index < -0.39 is 17.7 Å². The lowest BCUT2D eigenvalue weighted by molar-refractivity contribution is -0.139. The number of carbonyl (C=O) groups is 2. The molecule has 0 radical (unpaired) electrons. The van der Waals surface area contributed by atoms with Crippen molar-refractivity contribution in [3.8, 4) is 0 Å². The van der Waals surface area contributed by atoms with Gasteiger partial charge in [0.2, 0.25) is 0 Å². The fraction of sp³-hybridized carbons (Fsp3) is 0.182. The first kappa shape index (κ1) is 19.8. The molecule has 8 heteroatoms. The predicted molar refractivity (Wildman–Crippen MR) is 112 cm³/mol. The van der Waals surface area contributed by atoms with Crippen molar-refractivity contribution in [3.05, 3.63) is 89.2 Å². The van der Waals surface area contributed by atoms with Crippen LogP contribution in [0.4, 0.5) is 0 Å². The van der Waals surface area contributed by atoms with E-state index in [1.165, 1.54) is 11.1 Å². The summed E-state index contributed by atoms with van der Waals surface area (Å²) in [6.45, 7) is 0.981. The lowest BCUT2D eigenvalue weighted by Crippen LogP contribution is -2.31. The zero-order valence-corrected chi connectivity index (χ0v) is 16.7. The normalized spacial score (nSPS) is 18.2. The number of benzene rings is 1. The summed E-state index contributed by atoms with van der Waals surface area (Å²) in [6, 6.07) is 11.3. The Morgan fingerprint density at radius 1 is 1.10 bits per heavy atom. The van der Waals surface area contributed by atoms with Gasteiger partial charge in [0.1, 0.15) is 10.9 Å². The number of hydrogen-bond acceptors (Lipinski definition) is 5. The maximum atomic E-state index is 12.9. The van der Waals surface area contributed by atoms with Gasteiger partial charge in [-0.05, 0) is 18.1 Å². The van der Waals surface area contributed by atoms with Crippen LogP contribution in [0.25, 0.3) is 5.76 Å². The first-order valence-electron chi connectivity index (χ1n) is 9.47. The molecule has 1 N–H and O–H groups in total. The minimum Gasteiger partial charge on any atom is -0.507 e. The summed E-state index contributed by atoms with van der Waals surface area (Å²) < 4.78 is 1.90. The molecule has 1 aliphatic rings. The molecule has 0 spiro atoms. The van der Waals surface area contributed by atoms with E-state index in [4.69, 9.17) is 11.6 Å². The van der Waals surface area contributed by atoms with Crippen LogP contribution >= 0.6 is 11.6 Å². The standard InChI is InChI=1S/C22H19ClN4O3/c23-17-8-7-16(13-25-17)19-18(20(28)15-5-2-1-3-6-15)21(29)22(30)27(19)11-4-10-26-12-9-24-14-26/h1-3,5-9,12-14,19,28H,4,10-11H2. The van der Waals surface area contributed by atoms with Crippen molar-refractivity contribution in [3.63, 3.8) is 0 Å². The molecule has 3 heterocycles. The minimum atomic E-state index is -0.738. The van der Waals surface area contributed by atoms with Gasteiger partial charge in [0.25, 0.3) is 11.7 Å². The van der Waals surface area contributed by atoms with Crippen molar-refractivity contribution in [1.82, 2.24) is 19.4 Å². The van der Waals surface area contributed by atoms with E-state index >= 15 is 0 Å². The molecule has 4 rings (SSSR count). The Balaban J connectivity index is 1.72. The molecule has 2 aromatic heterocycles. The number of nitrogens with zero attached hydrogens (tertiary/aromatic N) is 4. The quantitative estimate of drug-likeness (QED) is 0.284. The Morgan fingerprint density at radius 2 is 1.90 bits per heavy atom. The van der Waals surface area contributed by atoms with Gasteiger partial charge < -0.3 is 14.6 Å². The van der Waals surface area contributed by atoms with Gasteiger partial charge in [-0.1, -0.05) is 48.0 Å². The van der Waals surface area contributed by atoms with E-state index in [9.17, 15) is 14.7 Å². The maximum Gasteiger partial charge on any atom is 0.295 e. The Kier molecular flexibility index (Phi) is 5.63. The van der Waals surface area contributed by atoms with E-state index in [-0.39, 0.29) is 11.3 Å². The Morgan fingerprint density at radius 3 is 2.57 bits per heavy atom. The molecule has 1 fully saturated rings. The van der Waals surface area contributed by atoms with Crippen molar-refractivity contribution in [1.29, 1.82) is 0 Å². The number of pyridine rings is 1. The largest absolute Gasteiger partial charge is 0.507 e. The Hall–Kier alpha value is -3.45. The summed E-state index contributed by atoms with van der Waals surface area (Å²) in [4.78, 5) is 35.3. The van der Waals surface area contributed by atoms with Crippen molar-refractivity contribution < 1.29 is 14.7 Å². The van der Waals surface area contributed by atoms with Crippen LogP contribution in [0.2, 0.25) is 5.15 Å². The highest BCUT2D eigenvalue weighted by Gasteiger charge is 2.45. The van der Waals surface area contributed by atoms with Crippen LogP contribution in [-0.4, -0.2) is 42.8 Å². The zero-order valence-electron chi connectivity index (χ0n) is 16.0. The number of imidazole rings is 1. The van der Waals surface area contributed by atoms with Gasteiger partial charge in [-0.15, -0.1) is 0 Å². The van der Waals surface area contributed by atoms with Crippen LogP contribution in [0.5, 0.6) is 0 Å². The smallest absolute Gasteiger partial charge is 0.295 e. The molecule has 1 atom stereocenters. The second-order valence-corrected chi connectivity index (χ2v) is 7.31. The molecule has 1 amide bonds. The van der Waals surface area contributed by atoms with Gasteiger partial charge in [-0.25, -0.2) is 9.97 Å². The predicted octanol–water partition coefficient (Wildman–Crippen LogP) is 3.44. The Bertz CT molecular complexity index is 1080. The van der Waals surface area contributed by atoms with Crippen LogP contribution in [-0.2, 0) is 16.1 Å². The van der Waals surface area contributed by atoms with Crippen molar-refractivity contribution in [2.45, 2.75) is 19.0 Å². The van der Waals surface area contributed by atoms with Gasteiger partial charge in [-0.2, -0.15) is 0 Å². The number of Topliss-reactive ketones (excluding diaryl/α,β-unsaturated/α-hetero) is 1. The van der Waals surface area contributed by atoms with Crippen molar-refractivity contribution in [2.75, 3.05) is 6.54 Å². The van der Waals surface area contributed by atoms with Gasteiger partial charge in [0.05, 0.1) is 17.9 Å². The topological polar surface area (TPSA) is 88.3 Å². The summed E-state index contributed by atoms with van der Waals surface area (Å²) in [5.74, 6) is -1.55. The average Bonchev–Trinajstić information content (AvgIpc) is 3.37. The number of aliphatic hydroxyl groups excluding tert-OH is 1. The molecule has 152 valence electrons. The summed E-state index contributed by atoms with van der Waals surface area (Å²) >= 11 is 5.92. The number of halogens is 1. The van der Waals surface area contributed by atoms with Crippen molar-refractivity contribution >= 4 is 29.1 Å². The highest BCUT2D eigenvalue weighted by atomic mass is 35.5. The van der Waals surface area contributed by atoms with Gasteiger partial charge in [0.15, 0.2) is 0 Å². The van der Waals surface area contributed by atoms with Gasteiger partial charge >= 0.3 is 0 Å². The number of amides is 1. The number of aryl methyl sites for hydroxylation is 1. The number of carbonyl (C=O) groups excluding carboxylic acids is 2. The van der Waals surface area contributed by atoms with E-state index in [1.54, 1.807) is 48.9 Å². The second kappa shape index (κ2) is 8.51. The van der Waals surface area contributed by atoms with Crippen LogP contribution in [0.3, 0.4) is 0 Å². The first-order valence-corrected chi connectivity index (χ1v) is 9.85. The number of aromatic nitrogens is 3. The van der Waals surface area contributed by atoms with Gasteiger partial charge in [-0.3, -0.25) is 9.59 Å². The third-order valence-electron chi connectivity index (χ3n) is 5.03. The number of likely N-dealkylation sites (tertiary alicyclic amines) is 1. The third-order valence-corrected chi connectivity index (χ3v) is 5.25. The third kappa shape index (κ3) is 3.84. The van der Waals surface area contributed by atoms with Crippen LogP contribution in [0, 0.1) is 0 Å². The summed E-state index contributed by atoms with van der Waals surface area (Å²) in [6.07, 6.45) is 7.37. The number of hydrogen-bond donors (Lipinski definition) is 1. The van der Waals surface area contributed by atoms with Gasteiger partial charge in [0, 0.05) is 37.2 Å². The SMILES string of the molecule is O=C1C(=O)N(CCCn2ccnc2)C(c2ccc(Cl)nc2)C1=C(O)c1ccccc1. The first-order chi connectivity index (χ1) is 14.6. The molecule has 0 aliphatic carbocycles. The van der Waals surface area contributed by atoms with E-state index in [0.29, 0.717) is 35.8 Å². The number of rotatable bonds is 6. The molecule has 1 unspecified atom stereocenters. The molecular formula is C22H19ClN4O3. The highest BCUT2D eigenvalue weighted by molar-refractivity contribution is 6.46. The van der Waals surface area contributed by atoms with Crippen LogP contribution < -0.4 is 0 Å². The van der Waals surface area contributed by atoms with E-state index in [2.05, 4.69) is 9.97 Å². The lowest BCUT2D eigenvalue weighted by atomic mass is 9.96. The summed E-state index contributed by atoms with van der Waals surface area (Å²) in [7, 11) is 0. The second-order valence-electron chi connectivity index (χ2n) is 6.93. The fourth-order valence-electron chi connectivity index (χ4n) is 3.60.